The molecule has 0 heterocycles. The fourth-order valence-electron chi connectivity index (χ4n) is 2.79. The van der Waals surface area contributed by atoms with Crippen molar-refractivity contribution in [1.82, 2.24) is 5.32 Å². The van der Waals surface area contributed by atoms with E-state index >= 15 is 0 Å². The third-order valence-corrected chi connectivity index (χ3v) is 4.30. The molecule has 3 nitrogen and oxygen atoms in total. The van der Waals surface area contributed by atoms with E-state index in [1.54, 1.807) is 14.2 Å². The van der Waals surface area contributed by atoms with Crippen LogP contribution < -0.4 is 5.32 Å². The van der Waals surface area contributed by atoms with Gasteiger partial charge in [-0.25, -0.2) is 0 Å². The van der Waals surface area contributed by atoms with Crippen molar-refractivity contribution in [3.05, 3.63) is 0 Å². The van der Waals surface area contributed by atoms with Crippen LogP contribution in [0.5, 0.6) is 0 Å². The van der Waals surface area contributed by atoms with Crippen molar-refractivity contribution >= 4 is 0 Å². The van der Waals surface area contributed by atoms with Gasteiger partial charge in [0.15, 0.2) is 0 Å². The molecule has 0 radical (unpaired) electrons. The van der Waals surface area contributed by atoms with Crippen LogP contribution in [-0.2, 0) is 9.47 Å². The Morgan fingerprint density at radius 2 is 1.94 bits per heavy atom. The highest BCUT2D eigenvalue weighted by Gasteiger charge is 2.48. The molecule has 1 fully saturated rings. The van der Waals surface area contributed by atoms with Crippen LogP contribution in [0.1, 0.15) is 47.5 Å². The number of rotatable bonds is 6. The van der Waals surface area contributed by atoms with Crippen molar-refractivity contribution < 1.29 is 9.47 Å². The van der Waals surface area contributed by atoms with E-state index in [2.05, 4.69) is 39.9 Å². The zero-order valence-corrected chi connectivity index (χ0v) is 12.5. The first-order chi connectivity index (χ1) is 7.73. The zero-order chi connectivity index (χ0) is 13.3. The molecule has 0 spiro atoms. The molecule has 0 aromatic rings. The topological polar surface area (TPSA) is 30.5 Å². The van der Waals surface area contributed by atoms with Gasteiger partial charge in [0.2, 0.25) is 0 Å². The van der Waals surface area contributed by atoms with Gasteiger partial charge >= 0.3 is 0 Å². The van der Waals surface area contributed by atoms with Crippen LogP contribution in [0.3, 0.4) is 0 Å². The molecule has 3 heteroatoms. The van der Waals surface area contributed by atoms with Crippen molar-refractivity contribution in [1.29, 1.82) is 0 Å². The summed E-state index contributed by atoms with van der Waals surface area (Å²) < 4.78 is 10.9. The first-order valence-electron chi connectivity index (χ1n) is 6.57. The molecule has 0 bridgehead atoms. The summed E-state index contributed by atoms with van der Waals surface area (Å²) in [6.45, 7) is 11.0. The predicted octanol–water partition coefficient (Wildman–Crippen LogP) is 2.59. The molecule has 1 rings (SSSR count). The van der Waals surface area contributed by atoms with E-state index in [4.69, 9.17) is 9.47 Å². The lowest BCUT2D eigenvalue weighted by Crippen LogP contribution is -2.62. The molecule has 0 amide bonds. The second-order valence-electron chi connectivity index (χ2n) is 6.57. The van der Waals surface area contributed by atoms with Crippen LogP contribution in [0.15, 0.2) is 0 Å². The Labute approximate surface area is 106 Å². The molecule has 3 unspecified atom stereocenters. The average Bonchev–Trinajstić information content (AvgIpc) is 2.23. The quantitative estimate of drug-likeness (QED) is 0.778. The zero-order valence-electron chi connectivity index (χ0n) is 12.5. The molecule has 0 aliphatic heterocycles. The molecule has 1 aliphatic carbocycles. The van der Waals surface area contributed by atoms with Gasteiger partial charge in [0.1, 0.15) is 0 Å². The molecule has 0 saturated heterocycles. The highest BCUT2D eigenvalue weighted by Crippen LogP contribution is 2.42. The van der Waals surface area contributed by atoms with Gasteiger partial charge in [0.05, 0.1) is 11.7 Å². The summed E-state index contributed by atoms with van der Waals surface area (Å²) in [6, 6.07) is 1.02. The second-order valence-corrected chi connectivity index (χ2v) is 6.57. The van der Waals surface area contributed by atoms with E-state index in [0.29, 0.717) is 18.2 Å². The first kappa shape index (κ1) is 14.9. The Morgan fingerprint density at radius 3 is 2.35 bits per heavy atom. The fourth-order valence-corrected chi connectivity index (χ4v) is 2.79. The Kier molecular flexibility index (Phi) is 4.61. The van der Waals surface area contributed by atoms with Crippen molar-refractivity contribution in [2.24, 2.45) is 5.41 Å². The normalized spacial score (nSPS) is 29.8. The lowest BCUT2D eigenvalue weighted by molar-refractivity contribution is -0.102. The van der Waals surface area contributed by atoms with Crippen LogP contribution in [0.2, 0.25) is 0 Å². The third-order valence-electron chi connectivity index (χ3n) is 4.30. The van der Waals surface area contributed by atoms with Crippen LogP contribution in [0, 0.1) is 5.41 Å². The fraction of sp³-hybridized carbons (Fsp3) is 1.00. The van der Waals surface area contributed by atoms with Gasteiger partial charge in [-0.05, 0) is 33.6 Å². The van der Waals surface area contributed by atoms with Crippen molar-refractivity contribution in [2.45, 2.75) is 71.2 Å². The molecule has 1 aliphatic rings. The van der Waals surface area contributed by atoms with Crippen molar-refractivity contribution in [2.75, 3.05) is 14.2 Å². The Hall–Kier alpha value is -0.120. The van der Waals surface area contributed by atoms with Gasteiger partial charge in [-0.2, -0.15) is 0 Å². The lowest BCUT2D eigenvalue weighted by Gasteiger charge is -2.52. The highest BCUT2D eigenvalue weighted by atomic mass is 16.5. The summed E-state index contributed by atoms with van der Waals surface area (Å²) in [6.07, 6.45) is 2.53. The summed E-state index contributed by atoms with van der Waals surface area (Å²) in [5.41, 5.74) is 0.182. The van der Waals surface area contributed by atoms with Crippen molar-refractivity contribution in [3.63, 3.8) is 0 Å². The maximum atomic E-state index is 5.47. The van der Waals surface area contributed by atoms with E-state index in [1.807, 2.05) is 0 Å². The van der Waals surface area contributed by atoms with E-state index in [1.165, 1.54) is 0 Å². The van der Waals surface area contributed by atoms with E-state index in [-0.39, 0.29) is 11.0 Å². The van der Waals surface area contributed by atoms with Gasteiger partial charge < -0.3 is 14.8 Å². The van der Waals surface area contributed by atoms with Crippen LogP contribution >= 0.6 is 0 Å². The van der Waals surface area contributed by atoms with Gasteiger partial charge in [-0.1, -0.05) is 13.8 Å². The number of methoxy groups -OCH3 is 2. The Morgan fingerprint density at radius 1 is 1.35 bits per heavy atom. The number of ether oxygens (including phenoxy) is 2. The molecular weight excluding hydrogens is 214 g/mol. The van der Waals surface area contributed by atoms with Crippen LogP contribution in [-0.4, -0.2) is 38.0 Å². The summed E-state index contributed by atoms with van der Waals surface area (Å²) >= 11 is 0. The molecule has 17 heavy (non-hydrogen) atoms. The first-order valence-corrected chi connectivity index (χ1v) is 6.57. The standard InChI is InChI=1S/C14H29NO2/c1-10(9-13(2,3)17-7)15-11-8-12(16-6)14(11,4)5/h10-12,15H,8-9H2,1-7H3. The third kappa shape index (κ3) is 3.43. The van der Waals surface area contributed by atoms with Crippen LogP contribution in [0.25, 0.3) is 0 Å². The Bertz CT molecular complexity index is 251. The maximum Gasteiger partial charge on any atom is 0.0652 e. The summed E-state index contributed by atoms with van der Waals surface area (Å²) in [5.74, 6) is 0. The molecule has 1 saturated carbocycles. The maximum absolute atomic E-state index is 5.47. The van der Waals surface area contributed by atoms with Gasteiger partial charge in [-0.15, -0.1) is 0 Å². The second kappa shape index (κ2) is 5.25. The lowest BCUT2D eigenvalue weighted by atomic mass is 9.64. The SMILES string of the molecule is COC1CC(NC(C)CC(C)(C)OC)C1(C)C. The van der Waals surface area contributed by atoms with Gasteiger partial charge in [0.25, 0.3) is 0 Å². The number of nitrogens with one attached hydrogen (secondary N) is 1. The Balaban J connectivity index is 2.41. The van der Waals surface area contributed by atoms with Crippen molar-refractivity contribution in [3.8, 4) is 0 Å². The monoisotopic (exact) mass is 243 g/mol. The van der Waals surface area contributed by atoms with E-state index < -0.39 is 0 Å². The van der Waals surface area contributed by atoms with E-state index in [9.17, 15) is 0 Å². The molecule has 0 aromatic carbocycles. The van der Waals surface area contributed by atoms with Gasteiger partial charge in [0, 0.05) is 31.7 Å². The largest absolute Gasteiger partial charge is 0.381 e. The number of hydrogen-bond donors (Lipinski definition) is 1. The summed E-state index contributed by atoms with van der Waals surface area (Å²) in [4.78, 5) is 0. The summed E-state index contributed by atoms with van der Waals surface area (Å²) in [5, 5.41) is 3.70. The average molecular weight is 243 g/mol. The minimum Gasteiger partial charge on any atom is -0.381 e. The van der Waals surface area contributed by atoms with E-state index in [0.717, 1.165) is 12.8 Å². The minimum absolute atomic E-state index is 0.0546. The minimum atomic E-state index is -0.0546. The molecular formula is C14H29NO2. The molecule has 1 N–H and O–H groups in total. The number of hydrogen-bond acceptors (Lipinski definition) is 3. The molecule has 102 valence electrons. The van der Waals surface area contributed by atoms with Crippen LogP contribution in [0.4, 0.5) is 0 Å². The summed E-state index contributed by atoms with van der Waals surface area (Å²) in [7, 11) is 3.58. The smallest absolute Gasteiger partial charge is 0.0652 e. The molecule has 0 aromatic heterocycles. The predicted molar refractivity (Wildman–Crippen MR) is 71.3 cm³/mol. The highest BCUT2D eigenvalue weighted by molar-refractivity contribution is 5.03. The van der Waals surface area contributed by atoms with Gasteiger partial charge in [-0.3, -0.25) is 0 Å². The molecule has 3 atom stereocenters.